The quantitative estimate of drug-likeness (QED) is 0.729. The summed E-state index contributed by atoms with van der Waals surface area (Å²) in [6, 6.07) is 1.71. The molecule has 0 aliphatic carbocycles. The maximum absolute atomic E-state index is 5.62. The largest absolute Gasteiger partial charge is 0.463 e. The van der Waals surface area contributed by atoms with Crippen LogP contribution >= 0.6 is 11.6 Å². The number of hydrogen-bond donors (Lipinski definition) is 1. The summed E-state index contributed by atoms with van der Waals surface area (Å²) in [6.07, 6.45) is 0.899. The predicted octanol–water partition coefficient (Wildman–Crippen LogP) is 1.50. The highest BCUT2D eigenvalue weighted by Crippen LogP contribution is 2.12. The Morgan fingerprint density at radius 3 is 2.92 bits per heavy atom. The summed E-state index contributed by atoms with van der Waals surface area (Å²) >= 11 is 5.62. The van der Waals surface area contributed by atoms with Crippen molar-refractivity contribution in [1.82, 2.24) is 9.97 Å². The van der Waals surface area contributed by atoms with Gasteiger partial charge in [0.1, 0.15) is 11.0 Å². The number of nitrogens with two attached hydrogens (primary N) is 1. The third-order valence-corrected chi connectivity index (χ3v) is 1.32. The Bertz CT molecular complexity index is 247. The molecule has 1 aromatic rings. The lowest BCUT2D eigenvalue weighted by atomic mass is 10.5. The minimum Gasteiger partial charge on any atom is -0.463 e. The molecule has 0 aromatic carbocycles. The zero-order valence-electron chi connectivity index (χ0n) is 6.75. The van der Waals surface area contributed by atoms with E-state index in [1.807, 2.05) is 6.92 Å². The molecule has 12 heavy (non-hydrogen) atoms. The average molecular weight is 188 g/mol. The van der Waals surface area contributed by atoms with Crippen LogP contribution < -0.4 is 10.5 Å². The first-order chi connectivity index (χ1) is 5.72. The molecule has 5 heteroatoms. The highest BCUT2D eigenvalue weighted by molar-refractivity contribution is 6.29. The zero-order chi connectivity index (χ0) is 8.97. The normalized spacial score (nSPS) is 9.83. The molecule has 0 bridgehead atoms. The van der Waals surface area contributed by atoms with Crippen LogP contribution in [0.1, 0.15) is 13.3 Å². The van der Waals surface area contributed by atoms with E-state index in [4.69, 9.17) is 22.1 Å². The van der Waals surface area contributed by atoms with Crippen LogP contribution in [-0.4, -0.2) is 16.6 Å². The maximum atomic E-state index is 5.62. The van der Waals surface area contributed by atoms with E-state index < -0.39 is 0 Å². The van der Waals surface area contributed by atoms with Gasteiger partial charge in [0, 0.05) is 6.07 Å². The summed E-state index contributed by atoms with van der Waals surface area (Å²) in [5.41, 5.74) is 5.42. The van der Waals surface area contributed by atoms with Crippen LogP contribution in [0.25, 0.3) is 0 Å². The minimum absolute atomic E-state index is 0.238. The van der Waals surface area contributed by atoms with Gasteiger partial charge in [-0.3, -0.25) is 0 Å². The maximum Gasteiger partial charge on any atom is 0.319 e. The molecule has 0 fully saturated rings. The third kappa shape index (κ3) is 2.54. The first-order valence-corrected chi connectivity index (χ1v) is 4.03. The van der Waals surface area contributed by atoms with Gasteiger partial charge in [0.15, 0.2) is 0 Å². The van der Waals surface area contributed by atoms with E-state index in [1.165, 1.54) is 6.07 Å². The highest BCUT2D eigenvalue weighted by atomic mass is 35.5. The molecule has 0 aliphatic rings. The topological polar surface area (TPSA) is 61.0 Å². The Kier molecular flexibility index (Phi) is 3.10. The summed E-state index contributed by atoms with van der Waals surface area (Å²) in [4.78, 5) is 7.66. The first-order valence-electron chi connectivity index (χ1n) is 3.65. The van der Waals surface area contributed by atoms with Crippen LogP contribution in [-0.2, 0) is 0 Å². The van der Waals surface area contributed by atoms with Crippen molar-refractivity contribution in [1.29, 1.82) is 0 Å². The fraction of sp³-hybridized carbons (Fsp3) is 0.429. The van der Waals surface area contributed by atoms with Gasteiger partial charge in [-0.2, -0.15) is 9.97 Å². The van der Waals surface area contributed by atoms with Gasteiger partial charge in [0.05, 0.1) is 6.61 Å². The molecule has 0 saturated carbocycles. The van der Waals surface area contributed by atoms with Gasteiger partial charge in [-0.25, -0.2) is 0 Å². The van der Waals surface area contributed by atoms with Crippen molar-refractivity contribution < 1.29 is 4.74 Å². The van der Waals surface area contributed by atoms with Crippen molar-refractivity contribution in [2.24, 2.45) is 0 Å². The number of nitrogens with zero attached hydrogens (tertiary/aromatic N) is 2. The number of anilines is 1. The minimum atomic E-state index is 0.238. The lowest BCUT2D eigenvalue weighted by molar-refractivity contribution is 0.293. The second kappa shape index (κ2) is 4.11. The second-order valence-electron chi connectivity index (χ2n) is 2.25. The van der Waals surface area contributed by atoms with Crippen LogP contribution in [0.4, 0.5) is 5.82 Å². The third-order valence-electron chi connectivity index (χ3n) is 1.13. The Labute approximate surface area is 75.7 Å². The molecule has 0 aliphatic heterocycles. The lowest BCUT2D eigenvalue weighted by Gasteiger charge is -2.02. The van der Waals surface area contributed by atoms with Gasteiger partial charge in [0.25, 0.3) is 0 Å². The van der Waals surface area contributed by atoms with Crippen LogP contribution in [0.5, 0.6) is 6.01 Å². The van der Waals surface area contributed by atoms with Crippen molar-refractivity contribution >= 4 is 17.4 Å². The number of rotatable bonds is 3. The average Bonchev–Trinajstić information content (AvgIpc) is 1.99. The van der Waals surface area contributed by atoms with Crippen LogP contribution in [0.15, 0.2) is 6.07 Å². The van der Waals surface area contributed by atoms with E-state index in [-0.39, 0.29) is 6.01 Å². The SMILES string of the molecule is CCCOc1nc(N)cc(Cl)n1. The van der Waals surface area contributed by atoms with Crippen molar-refractivity contribution in [2.45, 2.75) is 13.3 Å². The molecule has 1 aromatic heterocycles. The number of ether oxygens (including phenoxy) is 1. The van der Waals surface area contributed by atoms with E-state index in [0.29, 0.717) is 17.6 Å². The van der Waals surface area contributed by atoms with Gasteiger partial charge in [-0.15, -0.1) is 0 Å². The fourth-order valence-electron chi connectivity index (χ4n) is 0.671. The van der Waals surface area contributed by atoms with Gasteiger partial charge in [-0.05, 0) is 6.42 Å². The smallest absolute Gasteiger partial charge is 0.319 e. The molecule has 1 heterocycles. The van der Waals surface area contributed by atoms with Crippen molar-refractivity contribution in [3.05, 3.63) is 11.2 Å². The van der Waals surface area contributed by atoms with E-state index in [9.17, 15) is 0 Å². The van der Waals surface area contributed by atoms with Gasteiger partial charge in [0.2, 0.25) is 0 Å². The van der Waals surface area contributed by atoms with E-state index in [2.05, 4.69) is 9.97 Å². The Morgan fingerprint density at radius 1 is 1.58 bits per heavy atom. The molecule has 0 radical (unpaired) electrons. The molecule has 1 rings (SSSR count). The molecule has 0 spiro atoms. The van der Waals surface area contributed by atoms with Crippen molar-refractivity contribution in [3.8, 4) is 6.01 Å². The standard InChI is InChI=1S/C7H10ClN3O/c1-2-3-12-7-10-5(8)4-6(9)11-7/h4H,2-3H2,1H3,(H2,9,10,11). The number of nitrogen functional groups attached to an aromatic ring is 1. The van der Waals surface area contributed by atoms with Gasteiger partial charge >= 0.3 is 6.01 Å². The fourth-order valence-corrected chi connectivity index (χ4v) is 0.855. The summed E-state index contributed by atoms with van der Waals surface area (Å²) in [7, 11) is 0. The monoisotopic (exact) mass is 187 g/mol. The summed E-state index contributed by atoms with van der Waals surface area (Å²) in [5, 5.41) is 0.300. The van der Waals surface area contributed by atoms with E-state index in [0.717, 1.165) is 6.42 Å². The zero-order valence-corrected chi connectivity index (χ0v) is 7.51. The first kappa shape index (κ1) is 9.06. The lowest BCUT2D eigenvalue weighted by Crippen LogP contribution is -2.01. The van der Waals surface area contributed by atoms with Gasteiger partial charge in [-0.1, -0.05) is 18.5 Å². The number of aromatic nitrogens is 2. The Hall–Kier alpha value is -1.03. The van der Waals surface area contributed by atoms with Crippen molar-refractivity contribution in [3.63, 3.8) is 0 Å². The highest BCUT2D eigenvalue weighted by Gasteiger charge is 2.00. The molecule has 0 amide bonds. The molecule has 0 saturated heterocycles. The van der Waals surface area contributed by atoms with Crippen molar-refractivity contribution in [2.75, 3.05) is 12.3 Å². The predicted molar refractivity (Wildman–Crippen MR) is 47.2 cm³/mol. The molecule has 0 unspecified atom stereocenters. The summed E-state index contributed by atoms with van der Waals surface area (Å²) in [6.45, 7) is 2.56. The molecular weight excluding hydrogens is 178 g/mol. The molecule has 4 nitrogen and oxygen atoms in total. The Balaban J connectivity index is 2.72. The molecule has 0 atom stereocenters. The van der Waals surface area contributed by atoms with Crippen LogP contribution in [0.3, 0.4) is 0 Å². The summed E-state index contributed by atoms with van der Waals surface area (Å²) < 4.78 is 5.13. The second-order valence-corrected chi connectivity index (χ2v) is 2.63. The molecule has 66 valence electrons. The molecular formula is C7H10ClN3O. The van der Waals surface area contributed by atoms with Crippen LogP contribution in [0.2, 0.25) is 5.15 Å². The Morgan fingerprint density at radius 2 is 2.33 bits per heavy atom. The number of halogens is 1. The van der Waals surface area contributed by atoms with E-state index in [1.54, 1.807) is 0 Å². The number of hydrogen-bond acceptors (Lipinski definition) is 4. The summed E-state index contributed by atoms with van der Waals surface area (Å²) in [5.74, 6) is 0.320. The van der Waals surface area contributed by atoms with Crippen LogP contribution in [0, 0.1) is 0 Å². The van der Waals surface area contributed by atoms with E-state index >= 15 is 0 Å². The van der Waals surface area contributed by atoms with Gasteiger partial charge < -0.3 is 10.5 Å². The molecule has 2 N–H and O–H groups in total.